The minimum absolute atomic E-state index is 0.113. The second kappa shape index (κ2) is 4.84. The number of aryl methyl sites for hydroxylation is 2. The molecule has 0 radical (unpaired) electrons. The van der Waals surface area contributed by atoms with Crippen molar-refractivity contribution < 1.29 is 4.74 Å². The van der Waals surface area contributed by atoms with Crippen LogP contribution < -0.4 is 4.90 Å². The van der Waals surface area contributed by atoms with E-state index < -0.39 is 0 Å². The molecular formula is C14H23N3O. The molecule has 1 fully saturated rings. The van der Waals surface area contributed by atoms with Crippen molar-refractivity contribution in [3.8, 4) is 0 Å². The molecule has 1 aliphatic heterocycles. The number of morpholine rings is 1. The molecule has 4 heteroatoms. The Hall–Kier alpha value is -1.16. The standard InChI is InChI=1S/C14H23N3O/c1-6-12-8-18-14(4,5)9-17(12)13-7-10(2)15-11(3)16-13/h7,12H,6,8-9H2,1-5H3. The fourth-order valence-electron chi connectivity index (χ4n) is 2.45. The molecule has 2 rings (SSSR count). The second-order valence-electron chi connectivity index (χ2n) is 5.68. The fraction of sp³-hybridized carbons (Fsp3) is 0.714. The van der Waals surface area contributed by atoms with Gasteiger partial charge in [0.25, 0.3) is 0 Å². The Kier molecular flexibility index (Phi) is 3.57. The summed E-state index contributed by atoms with van der Waals surface area (Å²) in [4.78, 5) is 11.3. The van der Waals surface area contributed by atoms with E-state index in [9.17, 15) is 0 Å². The molecule has 0 aromatic carbocycles. The summed E-state index contributed by atoms with van der Waals surface area (Å²) < 4.78 is 5.90. The van der Waals surface area contributed by atoms with Gasteiger partial charge in [0.2, 0.25) is 0 Å². The molecule has 0 saturated carbocycles. The molecule has 1 aromatic heterocycles. The van der Waals surface area contributed by atoms with Crippen molar-refractivity contribution in [2.24, 2.45) is 0 Å². The topological polar surface area (TPSA) is 38.2 Å². The Morgan fingerprint density at radius 2 is 2.11 bits per heavy atom. The van der Waals surface area contributed by atoms with E-state index in [1.54, 1.807) is 0 Å². The molecule has 4 nitrogen and oxygen atoms in total. The maximum atomic E-state index is 5.90. The van der Waals surface area contributed by atoms with Crippen LogP contribution in [0.2, 0.25) is 0 Å². The zero-order valence-corrected chi connectivity index (χ0v) is 12.0. The van der Waals surface area contributed by atoms with Gasteiger partial charge in [-0.25, -0.2) is 9.97 Å². The number of hydrogen-bond acceptors (Lipinski definition) is 4. The first-order valence-corrected chi connectivity index (χ1v) is 6.64. The van der Waals surface area contributed by atoms with Crippen molar-refractivity contribution in [1.29, 1.82) is 0 Å². The van der Waals surface area contributed by atoms with E-state index in [1.807, 2.05) is 13.8 Å². The van der Waals surface area contributed by atoms with Crippen LogP contribution in [0.5, 0.6) is 0 Å². The van der Waals surface area contributed by atoms with Crippen LogP contribution in [0, 0.1) is 13.8 Å². The van der Waals surface area contributed by atoms with Gasteiger partial charge in [0.15, 0.2) is 0 Å². The third kappa shape index (κ3) is 2.80. The first kappa shape index (κ1) is 13.3. The Labute approximate surface area is 109 Å². The summed E-state index contributed by atoms with van der Waals surface area (Å²) >= 11 is 0. The van der Waals surface area contributed by atoms with Crippen molar-refractivity contribution in [3.05, 3.63) is 17.6 Å². The molecule has 0 aliphatic carbocycles. The molecule has 0 bridgehead atoms. The lowest BCUT2D eigenvalue weighted by Gasteiger charge is -2.44. The van der Waals surface area contributed by atoms with Crippen LogP contribution in [-0.2, 0) is 4.74 Å². The van der Waals surface area contributed by atoms with Gasteiger partial charge in [0.1, 0.15) is 11.6 Å². The SMILES string of the molecule is CCC1COC(C)(C)CN1c1cc(C)nc(C)n1. The largest absolute Gasteiger partial charge is 0.372 e. The van der Waals surface area contributed by atoms with Crippen molar-refractivity contribution in [2.75, 3.05) is 18.1 Å². The average molecular weight is 249 g/mol. The van der Waals surface area contributed by atoms with Crippen molar-refractivity contribution in [3.63, 3.8) is 0 Å². The predicted molar refractivity (Wildman–Crippen MR) is 73.0 cm³/mol. The van der Waals surface area contributed by atoms with Gasteiger partial charge >= 0.3 is 0 Å². The Morgan fingerprint density at radius 3 is 2.72 bits per heavy atom. The summed E-state index contributed by atoms with van der Waals surface area (Å²) in [5, 5.41) is 0. The molecule has 0 spiro atoms. The van der Waals surface area contributed by atoms with E-state index in [1.165, 1.54) is 0 Å². The van der Waals surface area contributed by atoms with Crippen LogP contribution in [0.25, 0.3) is 0 Å². The Morgan fingerprint density at radius 1 is 1.39 bits per heavy atom. The lowest BCUT2D eigenvalue weighted by Crippen LogP contribution is -2.54. The highest BCUT2D eigenvalue weighted by Gasteiger charge is 2.33. The van der Waals surface area contributed by atoms with Crippen LogP contribution in [0.1, 0.15) is 38.7 Å². The molecule has 18 heavy (non-hydrogen) atoms. The molecule has 2 heterocycles. The number of nitrogens with zero attached hydrogens (tertiary/aromatic N) is 3. The second-order valence-corrected chi connectivity index (χ2v) is 5.68. The van der Waals surface area contributed by atoms with Crippen molar-refractivity contribution >= 4 is 5.82 Å². The fourth-order valence-corrected chi connectivity index (χ4v) is 2.45. The van der Waals surface area contributed by atoms with Crippen molar-refractivity contribution in [2.45, 2.75) is 52.7 Å². The maximum absolute atomic E-state index is 5.90. The van der Waals surface area contributed by atoms with Gasteiger partial charge in [-0.3, -0.25) is 0 Å². The molecule has 1 unspecified atom stereocenters. The highest BCUT2D eigenvalue weighted by molar-refractivity contribution is 5.42. The zero-order chi connectivity index (χ0) is 13.3. The van der Waals surface area contributed by atoms with Crippen LogP contribution in [0.3, 0.4) is 0 Å². The Bertz CT molecular complexity index is 411. The van der Waals surface area contributed by atoms with Gasteiger partial charge in [0.05, 0.1) is 18.2 Å². The zero-order valence-electron chi connectivity index (χ0n) is 12.0. The first-order valence-electron chi connectivity index (χ1n) is 6.64. The molecule has 1 aromatic rings. The number of rotatable bonds is 2. The quantitative estimate of drug-likeness (QED) is 0.807. The number of ether oxygens (including phenoxy) is 1. The third-order valence-corrected chi connectivity index (χ3v) is 3.38. The van der Waals surface area contributed by atoms with E-state index in [-0.39, 0.29) is 5.60 Å². The summed E-state index contributed by atoms with van der Waals surface area (Å²) in [7, 11) is 0. The summed E-state index contributed by atoms with van der Waals surface area (Å²) in [5.41, 5.74) is 0.912. The van der Waals surface area contributed by atoms with E-state index in [2.05, 4.69) is 41.7 Å². The lowest BCUT2D eigenvalue weighted by molar-refractivity contribution is -0.0454. The number of anilines is 1. The number of hydrogen-bond donors (Lipinski definition) is 0. The van der Waals surface area contributed by atoms with E-state index in [0.717, 1.165) is 36.9 Å². The summed E-state index contributed by atoms with van der Waals surface area (Å²) in [6.45, 7) is 12.1. The van der Waals surface area contributed by atoms with Gasteiger partial charge in [-0.1, -0.05) is 6.92 Å². The summed E-state index contributed by atoms with van der Waals surface area (Å²) in [6.07, 6.45) is 1.07. The van der Waals surface area contributed by atoms with Crippen LogP contribution in [0.15, 0.2) is 6.07 Å². The average Bonchev–Trinajstić information content (AvgIpc) is 2.26. The van der Waals surface area contributed by atoms with Gasteiger partial charge in [-0.2, -0.15) is 0 Å². The highest BCUT2D eigenvalue weighted by atomic mass is 16.5. The van der Waals surface area contributed by atoms with Crippen LogP contribution in [-0.4, -0.2) is 34.8 Å². The number of aromatic nitrogens is 2. The Balaban J connectivity index is 2.32. The smallest absolute Gasteiger partial charge is 0.132 e. The van der Waals surface area contributed by atoms with E-state index in [4.69, 9.17) is 4.74 Å². The third-order valence-electron chi connectivity index (χ3n) is 3.38. The lowest BCUT2D eigenvalue weighted by atomic mass is 10.0. The minimum Gasteiger partial charge on any atom is -0.372 e. The van der Waals surface area contributed by atoms with Crippen LogP contribution in [0.4, 0.5) is 5.82 Å². The van der Waals surface area contributed by atoms with Gasteiger partial charge < -0.3 is 9.64 Å². The molecular weight excluding hydrogens is 226 g/mol. The van der Waals surface area contributed by atoms with Gasteiger partial charge in [0, 0.05) is 18.3 Å². The molecule has 100 valence electrons. The van der Waals surface area contributed by atoms with Gasteiger partial charge in [-0.15, -0.1) is 0 Å². The van der Waals surface area contributed by atoms with E-state index >= 15 is 0 Å². The molecule has 1 atom stereocenters. The first-order chi connectivity index (χ1) is 8.41. The van der Waals surface area contributed by atoms with Crippen LogP contribution >= 0.6 is 0 Å². The van der Waals surface area contributed by atoms with E-state index in [0.29, 0.717) is 6.04 Å². The molecule has 1 saturated heterocycles. The summed E-state index contributed by atoms with van der Waals surface area (Å²) in [5.74, 6) is 1.87. The summed E-state index contributed by atoms with van der Waals surface area (Å²) in [6, 6.07) is 2.48. The van der Waals surface area contributed by atoms with Gasteiger partial charge in [-0.05, 0) is 34.1 Å². The maximum Gasteiger partial charge on any atom is 0.132 e. The highest BCUT2D eigenvalue weighted by Crippen LogP contribution is 2.27. The normalized spacial score (nSPS) is 23.2. The minimum atomic E-state index is -0.113. The molecule has 1 aliphatic rings. The van der Waals surface area contributed by atoms with Crippen molar-refractivity contribution in [1.82, 2.24) is 9.97 Å². The molecule has 0 amide bonds. The molecule has 0 N–H and O–H groups in total. The predicted octanol–water partition coefficient (Wildman–Crippen LogP) is 2.49. The monoisotopic (exact) mass is 249 g/mol.